The van der Waals surface area contributed by atoms with Crippen LogP contribution in [0.3, 0.4) is 0 Å². The third-order valence-corrected chi connectivity index (χ3v) is 4.18. The molecule has 0 fully saturated rings. The Labute approximate surface area is 140 Å². The molecule has 2 aromatic heterocycles. The third-order valence-electron chi connectivity index (χ3n) is 4.18. The Kier molecular flexibility index (Phi) is 3.70. The molecule has 0 saturated heterocycles. The molecule has 0 radical (unpaired) electrons. The molecule has 0 aliphatic heterocycles. The van der Waals surface area contributed by atoms with Crippen LogP contribution in [-0.2, 0) is 5.54 Å². The summed E-state index contributed by atoms with van der Waals surface area (Å²) in [5.74, 6) is 0.892. The normalized spacial score (nSPS) is 11.9. The minimum atomic E-state index is -0.798. The Morgan fingerprint density at radius 3 is 2.38 bits per heavy atom. The highest BCUT2D eigenvalue weighted by Gasteiger charge is 2.31. The first-order valence-electron chi connectivity index (χ1n) is 7.83. The van der Waals surface area contributed by atoms with Crippen molar-refractivity contribution in [2.45, 2.75) is 47.1 Å². The number of fused-ring (bicyclic) bond motifs is 1. The molecule has 0 saturated carbocycles. The number of carbonyl (C=O) groups excluding carboxylic acids is 1. The Bertz CT molecular complexity index is 935. The minimum Gasteiger partial charge on any atom is -0.450 e. The summed E-state index contributed by atoms with van der Waals surface area (Å²) in [6, 6.07) is 4.03. The summed E-state index contributed by atoms with van der Waals surface area (Å²) in [5.41, 5.74) is 2.88. The second-order valence-electron chi connectivity index (χ2n) is 6.69. The maximum Gasteiger partial charge on any atom is 0.288 e. The Morgan fingerprint density at radius 1 is 1.12 bits per heavy atom. The van der Waals surface area contributed by atoms with Crippen molar-refractivity contribution in [3.63, 3.8) is 0 Å². The van der Waals surface area contributed by atoms with Crippen LogP contribution in [0.4, 0.5) is 0 Å². The van der Waals surface area contributed by atoms with Crippen molar-refractivity contribution >= 4 is 16.9 Å². The van der Waals surface area contributed by atoms with Crippen molar-refractivity contribution in [2.24, 2.45) is 0 Å². The second kappa shape index (κ2) is 5.47. The summed E-state index contributed by atoms with van der Waals surface area (Å²) in [7, 11) is 0. The standard InChI is InChI=1S/C18H21N3O3/c1-9-7-8-10(2)14-13(9)11(3)15(23-14)16(22)20-18(5,6)17-19-12(4)21-24-17/h7-8H,1-6H3,(H,20,22). The molecule has 0 aliphatic carbocycles. The van der Waals surface area contributed by atoms with Gasteiger partial charge >= 0.3 is 0 Å². The van der Waals surface area contributed by atoms with Crippen LogP contribution in [-0.4, -0.2) is 16.0 Å². The molecule has 0 bridgehead atoms. The summed E-state index contributed by atoms with van der Waals surface area (Å²) >= 11 is 0. The number of furan rings is 1. The van der Waals surface area contributed by atoms with Crippen molar-refractivity contribution in [1.82, 2.24) is 15.5 Å². The first-order valence-corrected chi connectivity index (χ1v) is 7.83. The van der Waals surface area contributed by atoms with E-state index < -0.39 is 5.54 Å². The van der Waals surface area contributed by atoms with Gasteiger partial charge in [-0.05, 0) is 52.7 Å². The summed E-state index contributed by atoms with van der Waals surface area (Å²) in [6.45, 7) is 11.2. The number of benzene rings is 1. The molecule has 2 heterocycles. The number of aryl methyl sites for hydroxylation is 4. The van der Waals surface area contributed by atoms with Gasteiger partial charge in [-0.3, -0.25) is 4.79 Å². The number of hydrogen-bond acceptors (Lipinski definition) is 5. The van der Waals surface area contributed by atoms with Gasteiger partial charge in [-0.15, -0.1) is 0 Å². The molecule has 1 aromatic carbocycles. The van der Waals surface area contributed by atoms with E-state index in [1.54, 1.807) is 6.92 Å². The lowest BCUT2D eigenvalue weighted by Crippen LogP contribution is -2.41. The predicted octanol–water partition coefficient (Wildman–Crippen LogP) is 3.71. The van der Waals surface area contributed by atoms with E-state index in [0.29, 0.717) is 17.5 Å². The van der Waals surface area contributed by atoms with Gasteiger partial charge in [0.1, 0.15) is 11.1 Å². The van der Waals surface area contributed by atoms with Gasteiger partial charge in [0.05, 0.1) is 0 Å². The fourth-order valence-electron chi connectivity index (χ4n) is 2.84. The molecular formula is C18H21N3O3. The zero-order valence-electron chi connectivity index (χ0n) is 14.8. The number of hydrogen-bond donors (Lipinski definition) is 1. The first-order chi connectivity index (χ1) is 11.2. The number of carbonyl (C=O) groups is 1. The molecular weight excluding hydrogens is 306 g/mol. The molecule has 24 heavy (non-hydrogen) atoms. The van der Waals surface area contributed by atoms with Crippen LogP contribution in [0.15, 0.2) is 21.1 Å². The van der Waals surface area contributed by atoms with Crippen molar-refractivity contribution < 1.29 is 13.7 Å². The van der Waals surface area contributed by atoms with E-state index >= 15 is 0 Å². The van der Waals surface area contributed by atoms with Crippen LogP contribution in [0.2, 0.25) is 0 Å². The first kappa shape index (κ1) is 16.2. The van der Waals surface area contributed by atoms with Crippen LogP contribution in [0.1, 0.15) is 52.8 Å². The van der Waals surface area contributed by atoms with Crippen molar-refractivity contribution in [1.29, 1.82) is 0 Å². The van der Waals surface area contributed by atoms with Crippen molar-refractivity contribution in [3.05, 3.63) is 46.3 Å². The van der Waals surface area contributed by atoms with Crippen molar-refractivity contribution in [2.75, 3.05) is 0 Å². The van der Waals surface area contributed by atoms with Gasteiger partial charge in [0.2, 0.25) is 0 Å². The van der Waals surface area contributed by atoms with Gasteiger partial charge in [0, 0.05) is 10.9 Å². The Balaban J connectivity index is 1.99. The van der Waals surface area contributed by atoms with E-state index in [9.17, 15) is 4.79 Å². The molecule has 6 nitrogen and oxygen atoms in total. The van der Waals surface area contributed by atoms with Crippen LogP contribution in [0, 0.1) is 27.7 Å². The zero-order valence-corrected chi connectivity index (χ0v) is 14.8. The van der Waals surface area contributed by atoms with Gasteiger partial charge in [-0.25, -0.2) is 0 Å². The number of amides is 1. The smallest absolute Gasteiger partial charge is 0.288 e. The van der Waals surface area contributed by atoms with Gasteiger partial charge in [0.25, 0.3) is 11.8 Å². The fourth-order valence-corrected chi connectivity index (χ4v) is 2.84. The quantitative estimate of drug-likeness (QED) is 0.793. The number of rotatable bonds is 3. The lowest BCUT2D eigenvalue weighted by atomic mass is 10.0. The minimum absolute atomic E-state index is 0.302. The van der Waals surface area contributed by atoms with Gasteiger partial charge in [0.15, 0.2) is 11.6 Å². The van der Waals surface area contributed by atoms with Crippen LogP contribution in [0.25, 0.3) is 11.0 Å². The molecule has 0 aliphatic rings. The zero-order chi connectivity index (χ0) is 17.6. The maximum absolute atomic E-state index is 12.8. The van der Waals surface area contributed by atoms with Gasteiger partial charge in [-0.2, -0.15) is 4.98 Å². The maximum atomic E-state index is 12.8. The SMILES string of the molecule is Cc1noc(C(C)(C)NC(=O)c2oc3c(C)ccc(C)c3c2C)n1. The molecule has 126 valence electrons. The lowest BCUT2D eigenvalue weighted by molar-refractivity contribution is 0.0867. The predicted molar refractivity (Wildman–Crippen MR) is 90.0 cm³/mol. The monoisotopic (exact) mass is 327 g/mol. The van der Waals surface area contributed by atoms with Gasteiger partial charge in [-0.1, -0.05) is 17.3 Å². The van der Waals surface area contributed by atoms with Crippen LogP contribution in [0.5, 0.6) is 0 Å². The fraction of sp³-hybridized carbons (Fsp3) is 0.389. The van der Waals surface area contributed by atoms with Crippen molar-refractivity contribution in [3.8, 4) is 0 Å². The Morgan fingerprint density at radius 2 is 1.79 bits per heavy atom. The Hall–Kier alpha value is -2.63. The molecule has 0 spiro atoms. The molecule has 1 N–H and O–H groups in total. The largest absolute Gasteiger partial charge is 0.450 e. The lowest BCUT2D eigenvalue weighted by Gasteiger charge is -2.21. The second-order valence-corrected chi connectivity index (χ2v) is 6.69. The number of nitrogens with zero attached hydrogens (tertiary/aromatic N) is 2. The number of nitrogens with one attached hydrogen (secondary N) is 1. The third kappa shape index (κ3) is 2.58. The highest BCUT2D eigenvalue weighted by atomic mass is 16.5. The molecule has 0 unspecified atom stereocenters. The van der Waals surface area contributed by atoms with Crippen LogP contribution < -0.4 is 5.32 Å². The molecule has 6 heteroatoms. The average Bonchev–Trinajstić information content (AvgIpc) is 3.08. The van der Waals surface area contributed by atoms with E-state index in [2.05, 4.69) is 15.5 Å². The highest BCUT2D eigenvalue weighted by molar-refractivity contribution is 6.00. The van der Waals surface area contributed by atoms with E-state index in [-0.39, 0.29) is 5.91 Å². The summed E-state index contributed by atoms with van der Waals surface area (Å²) < 4.78 is 11.1. The summed E-state index contributed by atoms with van der Waals surface area (Å²) in [6.07, 6.45) is 0. The highest BCUT2D eigenvalue weighted by Crippen LogP contribution is 2.31. The molecule has 0 atom stereocenters. The topological polar surface area (TPSA) is 81.2 Å². The van der Waals surface area contributed by atoms with E-state index in [4.69, 9.17) is 8.94 Å². The van der Waals surface area contributed by atoms with E-state index in [0.717, 1.165) is 27.7 Å². The molecule has 3 rings (SSSR count). The average molecular weight is 327 g/mol. The van der Waals surface area contributed by atoms with E-state index in [1.807, 2.05) is 46.8 Å². The molecule has 1 amide bonds. The van der Waals surface area contributed by atoms with Gasteiger partial charge < -0.3 is 14.3 Å². The number of aromatic nitrogens is 2. The van der Waals surface area contributed by atoms with E-state index in [1.165, 1.54) is 0 Å². The summed E-state index contributed by atoms with van der Waals surface area (Å²) in [5, 5.41) is 7.68. The molecule has 3 aromatic rings. The summed E-state index contributed by atoms with van der Waals surface area (Å²) in [4.78, 5) is 17.0. The van der Waals surface area contributed by atoms with Crippen LogP contribution >= 0.6 is 0 Å².